The molecule has 0 aromatic heterocycles. The number of rotatable bonds is 3. The normalized spacial score (nSPS) is 22.8. The highest BCUT2D eigenvalue weighted by Crippen LogP contribution is 2.36. The summed E-state index contributed by atoms with van der Waals surface area (Å²) in [5.41, 5.74) is -0.577. The molecule has 6 heteroatoms. The van der Waals surface area contributed by atoms with Crippen LogP contribution >= 0.6 is 0 Å². The number of alkyl halides is 3. The molecule has 156 valence electrons. The zero-order valence-electron chi connectivity index (χ0n) is 17.0. The maximum atomic E-state index is 13.0. The quantitative estimate of drug-likeness (QED) is 0.694. The first kappa shape index (κ1) is 22.5. The van der Waals surface area contributed by atoms with E-state index in [0.29, 0.717) is 5.69 Å². The van der Waals surface area contributed by atoms with Crippen molar-refractivity contribution in [3.63, 3.8) is 0 Å². The first-order chi connectivity index (χ1) is 13.4. The van der Waals surface area contributed by atoms with Gasteiger partial charge in [-0.3, -0.25) is 0 Å². The molecule has 0 saturated carbocycles. The molecule has 3 nitrogen and oxygen atoms in total. The van der Waals surface area contributed by atoms with E-state index in [0.717, 1.165) is 44.3 Å². The molecule has 0 amide bonds. The number of nitrogens with zero attached hydrogens (tertiary/aromatic N) is 2. The third-order valence-corrected chi connectivity index (χ3v) is 5.76. The summed E-state index contributed by atoms with van der Waals surface area (Å²) in [5, 5.41) is 12.3. The van der Waals surface area contributed by atoms with Gasteiger partial charge in [-0.25, -0.2) is 0 Å². The number of hydrogen-bond acceptors (Lipinski definition) is 3. The van der Waals surface area contributed by atoms with Crippen molar-refractivity contribution in [2.75, 3.05) is 18.0 Å². The Morgan fingerprint density at radius 1 is 1.11 bits per heavy atom. The van der Waals surface area contributed by atoms with E-state index in [2.05, 4.69) is 19.2 Å². The summed E-state index contributed by atoms with van der Waals surface area (Å²) in [6, 6.07) is 6.77. The van der Waals surface area contributed by atoms with Crippen LogP contribution in [0.4, 0.5) is 18.9 Å². The highest BCUT2D eigenvalue weighted by Gasteiger charge is 2.34. The van der Waals surface area contributed by atoms with Crippen LogP contribution in [-0.2, 0) is 6.18 Å². The largest absolute Gasteiger partial charge is 0.417 e. The van der Waals surface area contributed by atoms with Crippen molar-refractivity contribution in [3.05, 3.63) is 29.3 Å². The molecule has 2 fully saturated rings. The molecule has 2 atom stereocenters. The maximum Gasteiger partial charge on any atom is 0.417 e. The number of nitrogens with one attached hydrogen (secondary N) is 1. The fourth-order valence-electron chi connectivity index (χ4n) is 4.08. The smallest absolute Gasteiger partial charge is 0.369 e. The molecule has 3 rings (SSSR count). The summed E-state index contributed by atoms with van der Waals surface area (Å²) >= 11 is 0. The van der Waals surface area contributed by atoms with Crippen LogP contribution in [0, 0.1) is 11.3 Å². The molecule has 0 spiro atoms. The number of benzene rings is 1. The van der Waals surface area contributed by atoms with Gasteiger partial charge in [0.1, 0.15) is 0 Å². The highest BCUT2D eigenvalue weighted by molar-refractivity contribution is 5.55. The molecule has 2 aliphatic rings. The minimum absolute atomic E-state index is 0.290. The standard InChI is InChI=1S/C15H17F3N2.C7H15N/c1-2-12-5-3-4-8-20(12)13-7-6-11(10-19)14(9-13)15(16,17)18;1-2-7-5-3-4-6-8-7/h6-7,9,12H,2-5,8H2,1H3;7-8H,2-6H2,1H3/t12-;/m0./s1. The van der Waals surface area contributed by atoms with Crippen molar-refractivity contribution < 1.29 is 13.2 Å². The van der Waals surface area contributed by atoms with Crippen molar-refractivity contribution in [2.24, 2.45) is 0 Å². The summed E-state index contributed by atoms with van der Waals surface area (Å²) in [7, 11) is 0. The number of piperidine rings is 2. The number of halogens is 3. The lowest BCUT2D eigenvalue weighted by atomic mass is 9.98. The second-order valence-electron chi connectivity index (χ2n) is 7.65. The summed E-state index contributed by atoms with van der Waals surface area (Å²) in [5.74, 6) is 0. The average Bonchev–Trinajstić information content (AvgIpc) is 2.73. The van der Waals surface area contributed by atoms with Gasteiger partial charge in [0.05, 0.1) is 17.2 Å². The van der Waals surface area contributed by atoms with Crippen molar-refractivity contribution in [1.82, 2.24) is 5.32 Å². The molecule has 2 aliphatic heterocycles. The molecule has 0 aliphatic carbocycles. The Morgan fingerprint density at radius 3 is 2.39 bits per heavy atom. The average molecular weight is 396 g/mol. The first-order valence-corrected chi connectivity index (χ1v) is 10.5. The van der Waals surface area contributed by atoms with E-state index in [4.69, 9.17) is 5.26 Å². The molecule has 1 N–H and O–H groups in total. The van der Waals surface area contributed by atoms with Crippen LogP contribution in [0.1, 0.15) is 76.3 Å². The van der Waals surface area contributed by atoms with Crippen LogP contribution in [0.3, 0.4) is 0 Å². The molecular weight excluding hydrogens is 363 g/mol. The van der Waals surface area contributed by atoms with Crippen LogP contribution in [0.15, 0.2) is 18.2 Å². The molecule has 0 bridgehead atoms. The van der Waals surface area contributed by atoms with Gasteiger partial charge in [-0.1, -0.05) is 20.3 Å². The third-order valence-electron chi connectivity index (χ3n) is 5.76. The minimum Gasteiger partial charge on any atom is -0.369 e. The van der Waals surface area contributed by atoms with Crippen molar-refractivity contribution in [3.8, 4) is 6.07 Å². The Labute approximate surface area is 166 Å². The predicted molar refractivity (Wildman–Crippen MR) is 107 cm³/mol. The fraction of sp³-hybridized carbons (Fsp3) is 0.682. The molecule has 28 heavy (non-hydrogen) atoms. The number of anilines is 1. The molecule has 2 saturated heterocycles. The van der Waals surface area contributed by atoms with Gasteiger partial charge in [0.25, 0.3) is 0 Å². The molecule has 1 aromatic rings. The Bertz CT molecular complexity index is 645. The maximum absolute atomic E-state index is 13.0. The Kier molecular flexibility index (Phi) is 8.62. The van der Waals surface area contributed by atoms with E-state index in [9.17, 15) is 13.2 Å². The lowest BCUT2D eigenvalue weighted by Crippen LogP contribution is -2.39. The van der Waals surface area contributed by atoms with Gasteiger partial charge in [-0.15, -0.1) is 0 Å². The van der Waals surface area contributed by atoms with Gasteiger partial charge in [0.2, 0.25) is 0 Å². The summed E-state index contributed by atoms with van der Waals surface area (Å²) in [6.45, 7) is 6.33. The van der Waals surface area contributed by atoms with Crippen molar-refractivity contribution in [1.29, 1.82) is 5.26 Å². The lowest BCUT2D eigenvalue weighted by molar-refractivity contribution is -0.137. The number of hydrogen-bond donors (Lipinski definition) is 1. The minimum atomic E-state index is -4.49. The van der Waals surface area contributed by atoms with Crippen LogP contribution < -0.4 is 10.2 Å². The van der Waals surface area contributed by atoms with Gasteiger partial charge >= 0.3 is 6.18 Å². The molecule has 0 radical (unpaired) electrons. The molecule has 2 heterocycles. The van der Waals surface area contributed by atoms with E-state index in [1.165, 1.54) is 38.3 Å². The van der Waals surface area contributed by atoms with Crippen LogP contribution in [0.5, 0.6) is 0 Å². The van der Waals surface area contributed by atoms with Crippen molar-refractivity contribution >= 4 is 5.69 Å². The SMILES string of the molecule is CCC1CCCCN1.CC[C@H]1CCCCN1c1ccc(C#N)c(C(F)(F)F)c1. The molecule has 1 unspecified atom stereocenters. The van der Waals surface area contributed by atoms with Gasteiger partial charge in [-0.2, -0.15) is 18.4 Å². The van der Waals surface area contributed by atoms with Gasteiger partial charge in [0, 0.05) is 24.3 Å². The predicted octanol–water partition coefficient (Wildman–Crippen LogP) is 5.88. The summed E-state index contributed by atoms with van der Waals surface area (Å²) in [4.78, 5) is 2.04. The van der Waals surface area contributed by atoms with Gasteiger partial charge in [0.15, 0.2) is 0 Å². The Balaban J connectivity index is 0.000000292. The van der Waals surface area contributed by atoms with Gasteiger partial charge in [-0.05, 0) is 69.7 Å². The van der Waals surface area contributed by atoms with E-state index in [1.807, 2.05) is 4.90 Å². The monoisotopic (exact) mass is 395 g/mol. The van der Waals surface area contributed by atoms with E-state index in [-0.39, 0.29) is 11.6 Å². The van der Waals surface area contributed by atoms with E-state index in [1.54, 1.807) is 12.1 Å². The fourth-order valence-corrected chi connectivity index (χ4v) is 4.08. The zero-order chi connectivity index (χ0) is 20.6. The Hall–Kier alpha value is -1.74. The summed E-state index contributed by atoms with van der Waals surface area (Å²) < 4.78 is 39.0. The van der Waals surface area contributed by atoms with Crippen molar-refractivity contribution in [2.45, 2.75) is 83.5 Å². The molecular formula is C22H32F3N3. The third kappa shape index (κ3) is 6.13. The van der Waals surface area contributed by atoms with E-state index >= 15 is 0 Å². The Morgan fingerprint density at radius 2 is 1.86 bits per heavy atom. The van der Waals surface area contributed by atoms with Gasteiger partial charge < -0.3 is 10.2 Å². The number of nitriles is 1. The van der Waals surface area contributed by atoms with Crippen LogP contribution in [0.2, 0.25) is 0 Å². The second-order valence-corrected chi connectivity index (χ2v) is 7.65. The first-order valence-electron chi connectivity index (χ1n) is 10.5. The van der Waals surface area contributed by atoms with Crippen LogP contribution in [-0.4, -0.2) is 25.2 Å². The second kappa shape index (κ2) is 10.7. The highest BCUT2D eigenvalue weighted by atomic mass is 19.4. The molecule has 1 aromatic carbocycles. The van der Waals surface area contributed by atoms with E-state index < -0.39 is 11.7 Å². The summed E-state index contributed by atoms with van der Waals surface area (Å²) in [6.07, 6.45) is 5.09. The lowest BCUT2D eigenvalue weighted by Gasteiger charge is -2.37. The zero-order valence-corrected chi connectivity index (χ0v) is 17.0. The topological polar surface area (TPSA) is 39.1 Å². The van der Waals surface area contributed by atoms with Crippen LogP contribution in [0.25, 0.3) is 0 Å².